The van der Waals surface area contributed by atoms with Crippen LogP contribution in [0.15, 0.2) is 24.3 Å². The molecule has 0 amide bonds. The Kier molecular flexibility index (Phi) is 6.45. The van der Waals surface area contributed by atoms with Crippen LogP contribution < -0.4 is 5.14 Å². The molecule has 0 radical (unpaired) electrons. The zero-order chi connectivity index (χ0) is 15.2. The van der Waals surface area contributed by atoms with Gasteiger partial charge in [-0.1, -0.05) is 37.6 Å². The number of nitrogens with two attached hydrogens (primary N) is 1. The number of rotatable bonds is 8. The van der Waals surface area contributed by atoms with Crippen LogP contribution >= 0.6 is 11.6 Å². The summed E-state index contributed by atoms with van der Waals surface area (Å²) in [6.07, 6.45) is 1.41. The Bertz CT molecular complexity index is 527. The SMILES string of the molecule is CCC(CC)(COCc1cccc(Cl)c1)CS(N)(=O)=O. The lowest BCUT2D eigenvalue weighted by Gasteiger charge is -2.30. The molecule has 0 aromatic heterocycles. The number of sulfonamides is 1. The molecular weight excluding hydrogens is 298 g/mol. The van der Waals surface area contributed by atoms with E-state index in [0.29, 0.717) is 31.1 Å². The zero-order valence-corrected chi connectivity index (χ0v) is 13.5. The van der Waals surface area contributed by atoms with Crippen molar-refractivity contribution >= 4 is 21.6 Å². The Morgan fingerprint density at radius 3 is 2.45 bits per heavy atom. The number of ether oxygens (including phenoxy) is 1. The smallest absolute Gasteiger partial charge is 0.209 e. The van der Waals surface area contributed by atoms with E-state index in [1.165, 1.54) is 0 Å². The lowest BCUT2D eigenvalue weighted by molar-refractivity contribution is 0.0397. The molecule has 0 saturated carbocycles. The summed E-state index contributed by atoms with van der Waals surface area (Å²) >= 11 is 5.90. The molecule has 20 heavy (non-hydrogen) atoms. The fourth-order valence-electron chi connectivity index (χ4n) is 2.14. The highest BCUT2D eigenvalue weighted by molar-refractivity contribution is 7.89. The highest BCUT2D eigenvalue weighted by Gasteiger charge is 2.31. The van der Waals surface area contributed by atoms with E-state index in [-0.39, 0.29) is 5.75 Å². The van der Waals surface area contributed by atoms with Gasteiger partial charge in [-0.3, -0.25) is 0 Å². The molecule has 6 heteroatoms. The molecule has 0 spiro atoms. The Hall–Kier alpha value is -0.620. The summed E-state index contributed by atoms with van der Waals surface area (Å²) in [7, 11) is -3.51. The number of primary sulfonamides is 1. The molecule has 1 rings (SSSR count). The van der Waals surface area contributed by atoms with Gasteiger partial charge in [0.2, 0.25) is 10.0 Å². The summed E-state index contributed by atoms with van der Waals surface area (Å²) in [5.41, 5.74) is 0.542. The van der Waals surface area contributed by atoms with Crippen molar-refractivity contribution in [3.05, 3.63) is 34.9 Å². The Balaban J connectivity index is 2.63. The maximum atomic E-state index is 11.3. The van der Waals surface area contributed by atoms with Gasteiger partial charge in [-0.15, -0.1) is 0 Å². The fourth-order valence-corrected chi connectivity index (χ4v) is 3.70. The highest BCUT2D eigenvalue weighted by atomic mass is 35.5. The molecule has 4 nitrogen and oxygen atoms in total. The van der Waals surface area contributed by atoms with Gasteiger partial charge in [0.15, 0.2) is 0 Å². The van der Waals surface area contributed by atoms with Crippen molar-refractivity contribution in [2.75, 3.05) is 12.4 Å². The number of benzene rings is 1. The minimum atomic E-state index is -3.51. The molecule has 0 fully saturated rings. The van der Waals surface area contributed by atoms with E-state index in [0.717, 1.165) is 5.56 Å². The summed E-state index contributed by atoms with van der Waals surface area (Å²) in [4.78, 5) is 0. The van der Waals surface area contributed by atoms with Crippen LogP contribution in [0.5, 0.6) is 0 Å². The van der Waals surface area contributed by atoms with Gasteiger partial charge in [0.05, 0.1) is 19.0 Å². The Labute approximate surface area is 126 Å². The summed E-state index contributed by atoms with van der Waals surface area (Å²) in [5, 5.41) is 5.83. The van der Waals surface area contributed by atoms with Crippen LogP contribution in [0.1, 0.15) is 32.3 Å². The molecule has 1 aromatic rings. The quantitative estimate of drug-likeness (QED) is 0.801. The van der Waals surface area contributed by atoms with Gasteiger partial charge in [-0.25, -0.2) is 13.6 Å². The predicted molar refractivity (Wildman–Crippen MR) is 82.1 cm³/mol. The van der Waals surface area contributed by atoms with E-state index in [2.05, 4.69) is 0 Å². The third-order valence-corrected chi connectivity index (χ3v) is 4.82. The van der Waals surface area contributed by atoms with Crippen molar-refractivity contribution in [3.8, 4) is 0 Å². The normalized spacial score (nSPS) is 12.6. The first kappa shape index (κ1) is 17.4. The zero-order valence-electron chi connectivity index (χ0n) is 11.9. The lowest BCUT2D eigenvalue weighted by atomic mass is 9.85. The van der Waals surface area contributed by atoms with E-state index < -0.39 is 15.4 Å². The summed E-state index contributed by atoms with van der Waals surface area (Å²) in [5.74, 6) is -0.0530. The average Bonchev–Trinajstić information content (AvgIpc) is 2.36. The molecule has 0 saturated heterocycles. The Morgan fingerprint density at radius 1 is 1.30 bits per heavy atom. The largest absolute Gasteiger partial charge is 0.376 e. The van der Waals surface area contributed by atoms with Crippen LogP contribution in [-0.2, 0) is 21.4 Å². The van der Waals surface area contributed by atoms with Gasteiger partial charge in [0, 0.05) is 10.4 Å². The van der Waals surface area contributed by atoms with Crippen LogP contribution in [0.4, 0.5) is 0 Å². The van der Waals surface area contributed by atoms with E-state index in [9.17, 15) is 8.42 Å². The van der Waals surface area contributed by atoms with Crippen LogP contribution in [0.2, 0.25) is 5.02 Å². The summed E-state index contributed by atoms with van der Waals surface area (Å²) < 4.78 is 28.4. The third kappa shape index (κ3) is 5.79. The molecule has 0 atom stereocenters. The van der Waals surface area contributed by atoms with Crippen molar-refractivity contribution in [2.24, 2.45) is 10.6 Å². The second kappa shape index (κ2) is 7.41. The van der Waals surface area contributed by atoms with Crippen LogP contribution in [0.25, 0.3) is 0 Å². The van der Waals surface area contributed by atoms with Crippen LogP contribution in [-0.4, -0.2) is 20.8 Å². The topological polar surface area (TPSA) is 69.4 Å². The molecule has 0 bridgehead atoms. The van der Waals surface area contributed by atoms with Gasteiger partial charge in [-0.2, -0.15) is 0 Å². The van der Waals surface area contributed by atoms with Crippen molar-refractivity contribution in [1.82, 2.24) is 0 Å². The minimum Gasteiger partial charge on any atom is -0.376 e. The first-order valence-electron chi connectivity index (χ1n) is 6.63. The second-order valence-electron chi connectivity index (χ2n) is 5.14. The van der Waals surface area contributed by atoms with E-state index >= 15 is 0 Å². The standard InChI is InChI=1S/C14H22ClNO3S/c1-3-14(4-2,11-20(16,17)18)10-19-9-12-6-5-7-13(15)8-12/h5-8H,3-4,9-11H2,1-2H3,(H2,16,17,18). The van der Waals surface area contributed by atoms with Gasteiger partial charge in [0.1, 0.15) is 0 Å². The number of hydrogen-bond donors (Lipinski definition) is 1. The molecule has 0 aliphatic rings. The van der Waals surface area contributed by atoms with Crippen molar-refractivity contribution in [2.45, 2.75) is 33.3 Å². The van der Waals surface area contributed by atoms with Gasteiger partial charge in [0.25, 0.3) is 0 Å². The molecule has 2 N–H and O–H groups in total. The van der Waals surface area contributed by atoms with Gasteiger partial charge >= 0.3 is 0 Å². The van der Waals surface area contributed by atoms with Crippen LogP contribution in [0.3, 0.4) is 0 Å². The van der Waals surface area contributed by atoms with E-state index in [4.69, 9.17) is 21.5 Å². The molecule has 0 unspecified atom stereocenters. The van der Waals surface area contributed by atoms with E-state index in [1.807, 2.05) is 32.0 Å². The first-order valence-corrected chi connectivity index (χ1v) is 8.72. The molecule has 0 aliphatic carbocycles. The van der Waals surface area contributed by atoms with Crippen LogP contribution in [0, 0.1) is 5.41 Å². The lowest BCUT2D eigenvalue weighted by Crippen LogP contribution is -2.36. The molecule has 0 heterocycles. The van der Waals surface area contributed by atoms with E-state index in [1.54, 1.807) is 6.07 Å². The van der Waals surface area contributed by atoms with Crippen molar-refractivity contribution in [1.29, 1.82) is 0 Å². The maximum Gasteiger partial charge on any atom is 0.209 e. The third-order valence-electron chi connectivity index (χ3n) is 3.57. The predicted octanol–water partition coefficient (Wildman–Crippen LogP) is 2.95. The summed E-state index contributed by atoms with van der Waals surface area (Å²) in [6, 6.07) is 7.42. The molecule has 114 valence electrons. The summed E-state index contributed by atoms with van der Waals surface area (Å²) in [6.45, 7) is 4.69. The minimum absolute atomic E-state index is 0.0530. The fraction of sp³-hybridized carbons (Fsp3) is 0.571. The van der Waals surface area contributed by atoms with Crippen molar-refractivity contribution < 1.29 is 13.2 Å². The molecule has 0 aliphatic heterocycles. The highest BCUT2D eigenvalue weighted by Crippen LogP contribution is 2.28. The van der Waals surface area contributed by atoms with Gasteiger partial charge < -0.3 is 4.74 Å². The Morgan fingerprint density at radius 2 is 1.95 bits per heavy atom. The number of hydrogen-bond acceptors (Lipinski definition) is 3. The first-order chi connectivity index (χ1) is 9.30. The molecular formula is C14H22ClNO3S. The monoisotopic (exact) mass is 319 g/mol. The van der Waals surface area contributed by atoms with Gasteiger partial charge in [-0.05, 0) is 30.5 Å². The second-order valence-corrected chi connectivity index (χ2v) is 7.19. The maximum absolute atomic E-state index is 11.3. The molecule has 1 aromatic carbocycles. The number of halogens is 1. The average molecular weight is 320 g/mol. The van der Waals surface area contributed by atoms with Crippen molar-refractivity contribution in [3.63, 3.8) is 0 Å².